The van der Waals surface area contributed by atoms with Gasteiger partial charge in [0.2, 0.25) is 0 Å². The van der Waals surface area contributed by atoms with Crippen LogP contribution in [0.4, 0.5) is 0 Å². The van der Waals surface area contributed by atoms with Crippen LogP contribution in [0.5, 0.6) is 0 Å². The first-order valence-electron chi connectivity index (χ1n) is 5.91. The van der Waals surface area contributed by atoms with E-state index in [4.69, 9.17) is 0 Å². The Bertz CT molecular complexity index is 206. The molecule has 1 saturated carbocycles. The summed E-state index contributed by atoms with van der Waals surface area (Å²) in [5.74, 6) is 0. The van der Waals surface area contributed by atoms with Crippen molar-refractivity contribution in [2.75, 3.05) is 6.54 Å². The molecule has 2 aliphatic rings. The Morgan fingerprint density at radius 3 is 2.71 bits per heavy atom. The summed E-state index contributed by atoms with van der Waals surface area (Å²) >= 11 is 0. The highest BCUT2D eigenvalue weighted by Gasteiger charge is 2.31. The molecule has 2 heteroatoms. The Kier molecular flexibility index (Phi) is 3.24. The summed E-state index contributed by atoms with van der Waals surface area (Å²) in [6.45, 7) is 0.780. The van der Waals surface area contributed by atoms with Crippen LogP contribution in [-0.2, 0) is 0 Å². The molecule has 14 heavy (non-hydrogen) atoms. The van der Waals surface area contributed by atoms with Crippen molar-refractivity contribution in [2.45, 2.75) is 56.6 Å². The Hall–Kier alpha value is -0.340. The molecular weight excluding hydrogens is 174 g/mol. The number of hydrogen-bond acceptors (Lipinski definition) is 2. The molecule has 1 fully saturated rings. The van der Waals surface area contributed by atoms with E-state index in [1.54, 1.807) is 0 Å². The molecule has 2 N–H and O–H groups in total. The highest BCUT2D eigenvalue weighted by atomic mass is 16.3. The fourth-order valence-electron chi connectivity index (χ4n) is 2.51. The standard InChI is InChI=1S/C12H21NO/c14-12(8-4-5-9-12)10-13-11-6-2-1-3-7-11/h2,6,11,13-14H,1,3-5,7-10H2. The average Bonchev–Trinajstić information content (AvgIpc) is 2.65. The van der Waals surface area contributed by atoms with Crippen LogP contribution in [0.1, 0.15) is 44.9 Å². The minimum Gasteiger partial charge on any atom is -0.389 e. The van der Waals surface area contributed by atoms with E-state index in [0.717, 1.165) is 19.4 Å². The molecule has 2 rings (SSSR count). The van der Waals surface area contributed by atoms with Crippen LogP contribution in [-0.4, -0.2) is 23.3 Å². The first-order valence-corrected chi connectivity index (χ1v) is 5.91. The molecule has 1 atom stereocenters. The first-order chi connectivity index (χ1) is 6.79. The maximum Gasteiger partial charge on any atom is 0.0771 e. The van der Waals surface area contributed by atoms with Crippen molar-refractivity contribution in [3.05, 3.63) is 12.2 Å². The number of allylic oxidation sites excluding steroid dienone is 1. The van der Waals surface area contributed by atoms with Gasteiger partial charge in [-0.25, -0.2) is 0 Å². The molecule has 0 amide bonds. The topological polar surface area (TPSA) is 32.3 Å². The van der Waals surface area contributed by atoms with Crippen molar-refractivity contribution < 1.29 is 5.11 Å². The van der Waals surface area contributed by atoms with Crippen molar-refractivity contribution in [1.29, 1.82) is 0 Å². The second kappa shape index (κ2) is 4.45. The van der Waals surface area contributed by atoms with Crippen LogP contribution >= 0.6 is 0 Å². The van der Waals surface area contributed by atoms with Crippen LogP contribution in [0.2, 0.25) is 0 Å². The van der Waals surface area contributed by atoms with Gasteiger partial charge in [0.15, 0.2) is 0 Å². The normalized spacial score (nSPS) is 30.8. The summed E-state index contributed by atoms with van der Waals surface area (Å²) in [4.78, 5) is 0. The van der Waals surface area contributed by atoms with Crippen molar-refractivity contribution in [3.63, 3.8) is 0 Å². The summed E-state index contributed by atoms with van der Waals surface area (Å²) in [6, 6.07) is 0.508. The van der Waals surface area contributed by atoms with E-state index < -0.39 is 5.60 Å². The van der Waals surface area contributed by atoms with E-state index in [1.807, 2.05) is 0 Å². The molecule has 0 aromatic carbocycles. The van der Waals surface area contributed by atoms with Crippen LogP contribution < -0.4 is 5.32 Å². The molecule has 0 aromatic heterocycles. The Morgan fingerprint density at radius 1 is 1.29 bits per heavy atom. The lowest BCUT2D eigenvalue weighted by Crippen LogP contribution is -2.42. The average molecular weight is 195 g/mol. The monoisotopic (exact) mass is 195 g/mol. The molecule has 0 radical (unpaired) electrons. The Morgan fingerprint density at radius 2 is 2.07 bits per heavy atom. The second-order valence-electron chi connectivity index (χ2n) is 4.78. The zero-order chi connectivity index (χ0) is 9.86. The molecule has 0 spiro atoms. The van der Waals surface area contributed by atoms with Crippen molar-refractivity contribution in [1.82, 2.24) is 5.32 Å². The minimum atomic E-state index is -0.398. The highest BCUT2D eigenvalue weighted by molar-refractivity contribution is 4.99. The van der Waals surface area contributed by atoms with E-state index in [1.165, 1.54) is 32.1 Å². The van der Waals surface area contributed by atoms with Crippen LogP contribution in [0.15, 0.2) is 12.2 Å². The molecule has 2 aliphatic carbocycles. The third kappa shape index (κ3) is 2.58. The van der Waals surface area contributed by atoms with E-state index in [2.05, 4.69) is 17.5 Å². The number of nitrogens with one attached hydrogen (secondary N) is 1. The lowest BCUT2D eigenvalue weighted by Gasteiger charge is -2.26. The largest absolute Gasteiger partial charge is 0.389 e. The predicted molar refractivity (Wildman–Crippen MR) is 58.2 cm³/mol. The molecule has 0 heterocycles. The zero-order valence-corrected chi connectivity index (χ0v) is 8.84. The van der Waals surface area contributed by atoms with Gasteiger partial charge in [-0.05, 0) is 32.1 Å². The van der Waals surface area contributed by atoms with Crippen LogP contribution in [0, 0.1) is 0 Å². The third-order valence-electron chi connectivity index (χ3n) is 3.48. The van der Waals surface area contributed by atoms with E-state index >= 15 is 0 Å². The lowest BCUT2D eigenvalue weighted by atomic mass is 9.99. The number of aliphatic hydroxyl groups is 1. The fourth-order valence-corrected chi connectivity index (χ4v) is 2.51. The maximum atomic E-state index is 10.1. The van der Waals surface area contributed by atoms with Crippen molar-refractivity contribution in [3.8, 4) is 0 Å². The van der Waals surface area contributed by atoms with Gasteiger partial charge in [-0.3, -0.25) is 0 Å². The molecule has 2 nitrogen and oxygen atoms in total. The van der Waals surface area contributed by atoms with E-state index in [-0.39, 0.29) is 0 Å². The lowest BCUT2D eigenvalue weighted by molar-refractivity contribution is 0.0458. The number of hydrogen-bond donors (Lipinski definition) is 2. The van der Waals surface area contributed by atoms with Crippen molar-refractivity contribution >= 4 is 0 Å². The number of rotatable bonds is 3. The van der Waals surface area contributed by atoms with Crippen molar-refractivity contribution in [2.24, 2.45) is 0 Å². The minimum absolute atomic E-state index is 0.398. The fraction of sp³-hybridized carbons (Fsp3) is 0.833. The van der Waals surface area contributed by atoms with Gasteiger partial charge in [0, 0.05) is 12.6 Å². The van der Waals surface area contributed by atoms with Gasteiger partial charge in [-0.15, -0.1) is 0 Å². The summed E-state index contributed by atoms with van der Waals surface area (Å²) in [7, 11) is 0. The molecule has 80 valence electrons. The highest BCUT2D eigenvalue weighted by Crippen LogP contribution is 2.28. The van der Waals surface area contributed by atoms with Gasteiger partial charge in [0.25, 0.3) is 0 Å². The smallest absolute Gasteiger partial charge is 0.0771 e. The molecule has 0 saturated heterocycles. The SMILES string of the molecule is OC1(CNC2C=CCCC2)CCCC1. The maximum absolute atomic E-state index is 10.1. The first kappa shape index (κ1) is 10.2. The Balaban J connectivity index is 1.75. The Labute approximate surface area is 86.4 Å². The predicted octanol–water partition coefficient (Wildman–Crippen LogP) is 1.99. The summed E-state index contributed by atoms with van der Waals surface area (Å²) < 4.78 is 0. The quantitative estimate of drug-likeness (QED) is 0.675. The van der Waals surface area contributed by atoms with Gasteiger partial charge >= 0.3 is 0 Å². The van der Waals surface area contributed by atoms with Gasteiger partial charge in [0.05, 0.1) is 5.60 Å². The molecule has 0 aliphatic heterocycles. The van der Waals surface area contributed by atoms with Crippen LogP contribution in [0.25, 0.3) is 0 Å². The summed E-state index contributed by atoms with van der Waals surface area (Å²) in [5.41, 5.74) is -0.398. The summed E-state index contributed by atoms with van der Waals surface area (Å²) in [5, 5.41) is 13.6. The van der Waals surface area contributed by atoms with Gasteiger partial charge in [0.1, 0.15) is 0 Å². The third-order valence-corrected chi connectivity index (χ3v) is 3.48. The van der Waals surface area contributed by atoms with Gasteiger partial charge < -0.3 is 10.4 Å². The summed E-state index contributed by atoms with van der Waals surface area (Å²) in [6.07, 6.45) is 12.6. The second-order valence-corrected chi connectivity index (χ2v) is 4.78. The molecule has 0 aromatic rings. The molecule has 0 bridgehead atoms. The zero-order valence-electron chi connectivity index (χ0n) is 8.84. The van der Waals surface area contributed by atoms with E-state index in [0.29, 0.717) is 6.04 Å². The van der Waals surface area contributed by atoms with Gasteiger partial charge in [-0.1, -0.05) is 25.0 Å². The van der Waals surface area contributed by atoms with E-state index in [9.17, 15) is 5.11 Å². The van der Waals surface area contributed by atoms with Crippen LogP contribution in [0.3, 0.4) is 0 Å². The van der Waals surface area contributed by atoms with Gasteiger partial charge in [-0.2, -0.15) is 0 Å². The molecular formula is C12H21NO. The molecule has 1 unspecified atom stereocenters.